The molecule has 6 heteroatoms. The standard InChI is InChI=1S/C10H13N3O3/c14-10(15)8-2-1-7(16-8)5-13-9-6-11-3-4-12-9/h3-4,6-8H,1-2,5H2,(H,12,13)(H,14,15). The summed E-state index contributed by atoms with van der Waals surface area (Å²) in [6.07, 6.45) is 5.41. The molecular formula is C10H13N3O3. The molecule has 2 rings (SSSR count). The van der Waals surface area contributed by atoms with Gasteiger partial charge < -0.3 is 15.2 Å². The monoisotopic (exact) mass is 223 g/mol. The van der Waals surface area contributed by atoms with E-state index < -0.39 is 12.1 Å². The first-order valence-corrected chi connectivity index (χ1v) is 5.14. The number of carbonyl (C=O) groups is 1. The summed E-state index contributed by atoms with van der Waals surface area (Å²) >= 11 is 0. The van der Waals surface area contributed by atoms with Crippen LogP contribution in [-0.4, -0.2) is 39.8 Å². The number of nitrogens with one attached hydrogen (secondary N) is 1. The molecule has 2 atom stereocenters. The normalized spacial score (nSPS) is 24.2. The van der Waals surface area contributed by atoms with Crippen molar-refractivity contribution >= 4 is 11.8 Å². The van der Waals surface area contributed by atoms with Crippen molar-refractivity contribution in [3.8, 4) is 0 Å². The van der Waals surface area contributed by atoms with Gasteiger partial charge in [-0.15, -0.1) is 0 Å². The fourth-order valence-electron chi connectivity index (χ4n) is 1.65. The van der Waals surface area contributed by atoms with Crippen molar-refractivity contribution in [1.29, 1.82) is 0 Å². The molecule has 1 aromatic rings. The van der Waals surface area contributed by atoms with Gasteiger partial charge in [0, 0.05) is 18.9 Å². The molecule has 2 N–H and O–H groups in total. The number of carboxylic acid groups (broad SMARTS) is 1. The number of ether oxygens (including phenoxy) is 1. The molecule has 1 saturated heterocycles. The minimum atomic E-state index is -0.887. The molecule has 1 aliphatic heterocycles. The zero-order valence-corrected chi connectivity index (χ0v) is 8.67. The number of anilines is 1. The van der Waals surface area contributed by atoms with Gasteiger partial charge >= 0.3 is 5.97 Å². The lowest BCUT2D eigenvalue weighted by molar-refractivity contribution is -0.149. The Hall–Kier alpha value is -1.69. The Morgan fingerprint density at radius 2 is 2.44 bits per heavy atom. The van der Waals surface area contributed by atoms with Crippen molar-refractivity contribution in [2.75, 3.05) is 11.9 Å². The van der Waals surface area contributed by atoms with Crippen molar-refractivity contribution in [3.05, 3.63) is 18.6 Å². The Labute approximate surface area is 92.7 Å². The number of hydrogen-bond acceptors (Lipinski definition) is 5. The van der Waals surface area contributed by atoms with E-state index in [1.807, 2.05) is 0 Å². The first-order valence-electron chi connectivity index (χ1n) is 5.14. The quantitative estimate of drug-likeness (QED) is 0.774. The molecule has 1 fully saturated rings. The largest absolute Gasteiger partial charge is 0.479 e. The van der Waals surface area contributed by atoms with Gasteiger partial charge in [0.25, 0.3) is 0 Å². The summed E-state index contributed by atoms with van der Waals surface area (Å²) < 4.78 is 5.33. The average molecular weight is 223 g/mol. The molecule has 2 heterocycles. The second kappa shape index (κ2) is 4.89. The fourth-order valence-corrected chi connectivity index (χ4v) is 1.65. The summed E-state index contributed by atoms with van der Waals surface area (Å²) in [5, 5.41) is 11.8. The van der Waals surface area contributed by atoms with Crippen LogP contribution in [0.2, 0.25) is 0 Å². The maximum atomic E-state index is 10.7. The first-order chi connectivity index (χ1) is 7.75. The number of nitrogens with zero attached hydrogens (tertiary/aromatic N) is 2. The second-order valence-electron chi connectivity index (χ2n) is 3.63. The minimum absolute atomic E-state index is 0.0666. The molecular weight excluding hydrogens is 210 g/mol. The van der Waals surface area contributed by atoms with Gasteiger partial charge in [-0.25, -0.2) is 9.78 Å². The van der Waals surface area contributed by atoms with Crippen LogP contribution in [0.5, 0.6) is 0 Å². The van der Waals surface area contributed by atoms with E-state index in [1.165, 1.54) is 0 Å². The molecule has 1 aromatic heterocycles. The summed E-state index contributed by atoms with van der Waals surface area (Å²) in [5.74, 6) is -0.216. The second-order valence-corrected chi connectivity index (χ2v) is 3.63. The molecule has 6 nitrogen and oxygen atoms in total. The zero-order chi connectivity index (χ0) is 11.4. The smallest absolute Gasteiger partial charge is 0.332 e. The molecule has 16 heavy (non-hydrogen) atoms. The Morgan fingerprint density at radius 1 is 1.56 bits per heavy atom. The van der Waals surface area contributed by atoms with E-state index in [0.717, 1.165) is 6.42 Å². The van der Waals surface area contributed by atoms with Crippen LogP contribution in [0.4, 0.5) is 5.82 Å². The van der Waals surface area contributed by atoms with Gasteiger partial charge in [0.15, 0.2) is 6.10 Å². The van der Waals surface area contributed by atoms with Gasteiger partial charge in [0.1, 0.15) is 5.82 Å². The zero-order valence-electron chi connectivity index (χ0n) is 8.67. The number of aromatic nitrogens is 2. The van der Waals surface area contributed by atoms with E-state index in [1.54, 1.807) is 18.6 Å². The van der Waals surface area contributed by atoms with Crippen LogP contribution in [-0.2, 0) is 9.53 Å². The molecule has 86 valence electrons. The fraction of sp³-hybridized carbons (Fsp3) is 0.500. The van der Waals surface area contributed by atoms with Gasteiger partial charge in [0.05, 0.1) is 12.3 Å². The van der Waals surface area contributed by atoms with Crippen molar-refractivity contribution in [1.82, 2.24) is 9.97 Å². The predicted octanol–water partition coefficient (Wildman–Crippen LogP) is 0.521. The summed E-state index contributed by atoms with van der Waals surface area (Å²) in [5.41, 5.74) is 0. The third-order valence-electron chi connectivity index (χ3n) is 2.46. The van der Waals surface area contributed by atoms with E-state index in [9.17, 15) is 4.79 Å². The number of rotatable bonds is 4. The summed E-state index contributed by atoms with van der Waals surface area (Å²) in [7, 11) is 0. The van der Waals surface area contributed by atoms with Crippen LogP contribution in [0.3, 0.4) is 0 Å². The highest BCUT2D eigenvalue weighted by Gasteiger charge is 2.30. The molecule has 0 spiro atoms. The lowest BCUT2D eigenvalue weighted by Gasteiger charge is -2.12. The van der Waals surface area contributed by atoms with Crippen molar-refractivity contribution in [2.24, 2.45) is 0 Å². The van der Waals surface area contributed by atoms with Crippen molar-refractivity contribution in [3.63, 3.8) is 0 Å². The highest BCUT2D eigenvalue weighted by molar-refractivity contribution is 5.72. The average Bonchev–Trinajstić information content (AvgIpc) is 2.76. The predicted molar refractivity (Wildman–Crippen MR) is 56.1 cm³/mol. The molecule has 2 unspecified atom stereocenters. The van der Waals surface area contributed by atoms with E-state index >= 15 is 0 Å². The molecule has 0 bridgehead atoms. The van der Waals surface area contributed by atoms with Gasteiger partial charge in [-0.2, -0.15) is 0 Å². The maximum absolute atomic E-state index is 10.7. The Kier molecular flexibility index (Phi) is 3.31. The summed E-state index contributed by atoms with van der Waals surface area (Å²) in [6, 6.07) is 0. The SMILES string of the molecule is O=C(O)C1CCC(CNc2cnccn2)O1. The van der Waals surface area contributed by atoms with Gasteiger partial charge in [-0.1, -0.05) is 0 Å². The highest BCUT2D eigenvalue weighted by atomic mass is 16.5. The summed E-state index contributed by atoms with van der Waals surface area (Å²) in [6.45, 7) is 0.558. The van der Waals surface area contributed by atoms with Crippen LogP contribution in [0.15, 0.2) is 18.6 Å². The maximum Gasteiger partial charge on any atom is 0.332 e. The van der Waals surface area contributed by atoms with E-state index in [0.29, 0.717) is 18.8 Å². The van der Waals surface area contributed by atoms with Crippen LogP contribution >= 0.6 is 0 Å². The molecule has 0 saturated carbocycles. The first kappa shape index (κ1) is 10.8. The topological polar surface area (TPSA) is 84.3 Å². The number of carboxylic acids is 1. The number of hydrogen-bond donors (Lipinski definition) is 2. The highest BCUT2D eigenvalue weighted by Crippen LogP contribution is 2.19. The molecule has 0 aromatic carbocycles. The van der Waals surface area contributed by atoms with Crippen LogP contribution in [0.25, 0.3) is 0 Å². The van der Waals surface area contributed by atoms with Gasteiger partial charge in [-0.05, 0) is 12.8 Å². The Morgan fingerprint density at radius 3 is 3.06 bits per heavy atom. The van der Waals surface area contributed by atoms with Crippen molar-refractivity contribution in [2.45, 2.75) is 25.0 Å². The number of aliphatic carboxylic acids is 1. The third kappa shape index (κ3) is 2.66. The lowest BCUT2D eigenvalue weighted by atomic mass is 10.2. The molecule has 0 radical (unpaired) electrons. The van der Waals surface area contributed by atoms with Crippen LogP contribution in [0, 0.1) is 0 Å². The van der Waals surface area contributed by atoms with Crippen LogP contribution < -0.4 is 5.32 Å². The Bertz CT molecular complexity index is 358. The lowest BCUT2D eigenvalue weighted by Crippen LogP contribution is -2.24. The molecule has 1 aliphatic rings. The third-order valence-corrected chi connectivity index (χ3v) is 2.46. The minimum Gasteiger partial charge on any atom is -0.479 e. The molecule has 0 amide bonds. The van der Waals surface area contributed by atoms with E-state index in [2.05, 4.69) is 15.3 Å². The van der Waals surface area contributed by atoms with E-state index in [4.69, 9.17) is 9.84 Å². The van der Waals surface area contributed by atoms with Gasteiger partial charge in [0.2, 0.25) is 0 Å². The molecule has 0 aliphatic carbocycles. The van der Waals surface area contributed by atoms with Crippen LogP contribution in [0.1, 0.15) is 12.8 Å². The van der Waals surface area contributed by atoms with E-state index in [-0.39, 0.29) is 6.10 Å². The Balaban J connectivity index is 1.78. The summed E-state index contributed by atoms with van der Waals surface area (Å²) in [4.78, 5) is 18.6. The van der Waals surface area contributed by atoms with Crippen molar-refractivity contribution < 1.29 is 14.6 Å². The van der Waals surface area contributed by atoms with Gasteiger partial charge in [-0.3, -0.25) is 4.98 Å².